The number of fused-ring (bicyclic) bond motifs is 1. The van der Waals surface area contributed by atoms with E-state index in [-0.39, 0.29) is 18.1 Å². The van der Waals surface area contributed by atoms with E-state index in [1.807, 2.05) is 6.92 Å². The van der Waals surface area contributed by atoms with Crippen LogP contribution in [-0.4, -0.2) is 31.9 Å². The van der Waals surface area contributed by atoms with Gasteiger partial charge in [0.2, 0.25) is 0 Å². The van der Waals surface area contributed by atoms with Gasteiger partial charge in [0.25, 0.3) is 0 Å². The van der Waals surface area contributed by atoms with Crippen molar-refractivity contribution in [2.45, 2.75) is 32.6 Å². The number of methoxy groups -OCH3 is 2. The molecule has 1 fully saturated rings. The zero-order chi connectivity index (χ0) is 14.2. The van der Waals surface area contributed by atoms with Gasteiger partial charge in [0, 0.05) is 6.42 Å². The van der Waals surface area contributed by atoms with E-state index in [1.54, 1.807) is 0 Å². The van der Waals surface area contributed by atoms with Gasteiger partial charge < -0.3 is 9.47 Å². The Balaban J connectivity index is 2.42. The maximum atomic E-state index is 12.0. The first-order valence-corrected chi connectivity index (χ1v) is 6.42. The van der Waals surface area contributed by atoms with E-state index >= 15 is 0 Å². The fourth-order valence-corrected chi connectivity index (χ4v) is 3.37. The quantitative estimate of drug-likeness (QED) is 0.570. The van der Waals surface area contributed by atoms with Crippen LogP contribution >= 0.6 is 0 Å². The molecule has 0 saturated heterocycles. The number of ketones is 1. The van der Waals surface area contributed by atoms with Gasteiger partial charge in [-0.2, -0.15) is 0 Å². The van der Waals surface area contributed by atoms with Gasteiger partial charge in [-0.25, -0.2) is 0 Å². The van der Waals surface area contributed by atoms with Crippen molar-refractivity contribution in [3.05, 3.63) is 11.1 Å². The van der Waals surface area contributed by atoms with E-state index in [9.17, 15) is 14.4 Å². The number of ether oxygens (including phenoxy) is 2. The molecular weight excluding hydrogens is 248 g/mol. The number of carbonyl (C=O) groups is 3. The Labute approximate surface area is 111 Å². The maximum Gasteiger partial charge on any atom is 0.323 e. The molecule has 0 spiro atoms. The highest BCUT2D eigenvalue weighted by atomic mass is 16.5. The number of hydrogen-bond donors (Lipinski definition) is 0. The highest BCUT2D eigenvalue weighted by Gasteiger charge is 2.57. The van der Waals surface area contributed by atoms with Gasteiger partial charge in [-0.15, -0.1) is 0 Å². The zero-order valence-electron chi connectivity index (χ0n) is 11.4. The van der Waals surface area contributed by atoms with Crippen LogP contribution in [0.1, 0.15) is 32.6 Å². The van der Waals surface area contributed by atoms with Crippen LogP contribution in [0.15, 0.2) is 11.1 Å². The summed E-state index contributed by atoms with van der Waals surface area (Å²) in [7, 11) is 2.53. The largest absolute Gasteiger partial charge is 0.468 e. The Morgan fingerprint density at radius 3 is 2.32 bits per heavy atom. The zero-order valence-corrected chi connectivity index (χ0v) is 11.4. The summed E-state index contributed by atoms with van der Waals surface area (Å²) in [5, 5.41) is 0. The Hall–Kier alpha value is -1.65. The van der Waals surface area contributed by atoms with Gasteiger partial charge in [-0.1, -0.05) is 12.5 Å². The fourth-order valence-electron chi connectivity index (χ4n) is 3.37. The van der Waals surface area contributed by atoms with Crippen molar-refractivity contribution < 1.29 is 23.9 Å². The van der Waals surface area contributed by atoms with Crippen molar-refractivity contribution in [2.75, 3.05) is 14.2 Å². The molecule has 5 heteroatoms. The molecule has 2 aliphatic carbocycles. The monoisotopic (exact) mass is 266 g/mol. The normalized spacial score (nSPS) is 24.4. The van der Waals surface area contributed by atoms with E-state index in [4.69, 9.17) is 9.47 Å². The Bertz CT molecular complexity index is 458. The highest BCUT2D eigenvalue weighted by molar-refractivity contribution is 6.04. The van der Waals surface area contributed by atoms with Crippen molar-refractivity contribution in [1.29, 1.82) is 0 Å². The van der Waals surface area contributed by atoms with Gasteiger partial charge in [0.15, 0.2) is 11.2 Å². The average Bonchev–Trinajstić information content (AvgIpc) is 2.90. The molecule has 2 aliphatic rings. The molecule has 0 aromatic heterocycles. The summed E-state index contributed by atoms with van der Waals surface area (Å²) >= 11 is 0. The van der Waals surface area contributed by atoms with E-state index < -0.39 is 17.4 Å². The number of esters is 2. The number of Topliss-reactive ketones (excluding diaryl/α,β-unsaturated/α-hetero) is 1. The van der Waals surface area contributed by atoms with E-state index in [2.05, 4.69) is 0 Å². The van der Waals surface area contributed by atoms with E-state index in [1.165, 1.54) is 14.2 Å². The molecule has 0 heterocycles. The van der Waals surface area contributed by atoms with Gasteiger partial charge in [-0.05, 0) is 30.8 Å². The predicted octanol–water partition coefficient (Wildman–Crippen LogP) is 1.41. The van der Waals surface area contributed by atoms with Crippen LogP contribution in [0.3, 0.4) is 0 Å². The second kappa shape index (κ2) is 4.79. The van der Waals surface area contributed by atoms with Crippen molar-refractivity contribution >= 4 is 17.7 Å². The number of allylic oxidation sites excluding steroid dienone is 2. The minimum absolute atomic E-state index is 0.0133. The number of hydrogen-bond acceptors (Lipinski definition) is 5. The minimum atomic E-state index is -1.26. The summed E-state index contributed by atoms with van der Waals surface area (Å²) in [5.74, 6) is -1.00. The number of carbonyl (C=O) groups excluding carboxylic acids is 3. The minimum Gasteiger partial charge on any atom is -0.468 e. The average molecular weight is 266 g/mol. The first kappa shape index (κ1) is 13.8. The van der Waals surface area contributed by atoms with E-state index in [0.29, 0.717) is 19.3 Å². The lowest BCUT2D eigenvalue weighted by atomic mass is 9.83. The van der Waals surface area contributed by atoms with Gasteiger partial charge >= 0.3 is 11.9 Å². The Kier molecular flexibility index (Phi) is 3.47. The standard InChI is InChI=1S/C14H18O5/c1-4-9-10-7-14(12(16)18-2,13(17)19-3)6-8(10)5-11(9)15/h8H,4-7H2,1-3H3. The molecule has 0 amide bonds. The first-order valence-electron chi connectivity index (χ1n) is 6.42. The van der Waals surface area contributed by atoms with Crippen molar-refractivity contribution in [1.82, 2.24) is 0 Å². The van der Waals surface area contributed by atoms with Crippen LogP contribution in [0, 0.1) is 11.3 Å². The smallest absolute Gasteiger partial charge is 0.323 e. The van der Waals surface area contributed by atoms with Crippen LogP contribution in [0.25, 0.3) is 0 Å². The molecule has 0 aromatic rings. The number of rotatable bonds is 3. The second-order valence-electron chi connectivity index (χ2n) is 5.13. The third-order valence-corrected chi connectivity index (χ3v) is 4.24. The molecule has 0 N–H and O–H groups in total. The molecule has 5 nitrogen and oxygen atoms in total. The SMILES string of the molecule is CCC1=C2CC(C(=O)OC)(C(=O)OC)CC2CC1=O. The third-order valence-electron chi connectivity index (χ3n) is 4.24. The molecule has 0 radical (unpaired) electrons. The summed E-state index contributed by atoms with van der Waals surface area (Å²) in [4.78, 5) is 35.8. The summed E-state index contributed by atoms with van der Waals surface area (Å²) in [6.45, 7) is 1.92. The Morgan fingerprint density at radius 2 is 1.84 bits per heavy atom. The lowest BCUT2D eigenvalue weighted by Gasteiger charge is -2.23. The van der Waals surface area contributed by atoms with Crippen LogP contribution in [-0.2, 0) is 23.9 Å². The van der Waals surface area contributed by atoms with E-state index in [0.717, 1.165) is 11.1 Å². The molecule has 104 valence electrons. The molecule has 1 saturated carbocycles. The van der Waals surface area contributed by atoms with Crippen molar-refractivity contribution in [2.24, 2.45) is 11.3 Å². The Morgan fingerprint density at radius 1 is 1.26 bits per heavy atom. The molecule has 1 unspecified atom stereocenters. The van der Waals surface area contributed by atoms with Crippen LogP contribution in [0.2, 0.25) is 0 Å². The van der Waals surface area contributed by atoms with Crippen molar-refractivity contribution in [3.8, 4) is 0 Å². The lowest BCUT2D eigenvalue weighted by Crippen LogP contribution is -2.39. The van der Waals surface area contributed by atoms with Crippen LogP contribution < -0.4 is 0 Å². The van der Waals surface area contributed by atoms with Gasteiger partial charge in [-0.3, -0.25) is 14.4 Å². The molecule has 19 heavy (non-hydrogen) atoms. The summed E-state index contributed by atoms with van der Waals surface area (Å²) in [6.07, 6.45) is 1.61. The van der Waals surface area contributed by atoms with Crippen molar-refractivity contribution in [3.63, 3.8) is 0 Å². The molecule has 0 bridgehead atoms. The lowest BCUT2D eigenvalue weighted by molar-refractivity contribution is -0.168. The molecule has 1 atom stereocenters. The predicted molar refractivity (Wildman–Crippen MR) is 66.1 cm³/mol. The first-order chi connectivity index (χ1) is 9.00. The topological polar surface area (TPSA) is 69.7 Å². The second-order valence-corrected chi connectivity index (χ2v) is 5.13. The maximum absolute atomic E-state index is 12.0. The summed E-state index contributed by atoms with van der Waals surface area (Å²) < 4.78 is 9.55. The van der Waals surface area contributed by atoms with Gasteiger partial charge in [0.1, 0.15) is 0 Å². The molecule has 0 aromatic carbocycles. The van der Waals surface area contributed by atoms with Gasteiger partial charge in [0.05, 0.1) is 14.2 Å². The molecule has 2 rings (SSSR count). The third kappa shape index (κ3) is 1.88. The fraction of sp³-hybridized carbons (Fsp3) is 0.643. The van der Waals surface area contributed by atoms with Crippen LogP contribution in [0.5, 0.6) is 0 Å². The highest BCUT2D eigenvalue weighted by Crippen LogP contribution is 2.53. The molecular formula is C14H18O5. The summed E-state index contributed by atoms with van der Waals surface area (Å²) in [6, 6.07) is 0. The summed E-state index contributed by atoms with van der Waals surface area (Å²) in [5.41, 5.74) is 0.466. The van der Waals surface area contributed by atoms with Crippen LogP contribution in [0.4, 0.5) is 0 Å². The molecule has 0 aliphatic heterocycles.